The summed E-state index contributed by atoms with van der Waals surface area (Å²) in [6.07, 6.45) is -1.13. The van der Waals surface area contributed by atoms with E-state index in [0.717, 1.165) is 35.3 Å². The molecule has 0 atom stereocenters. The van der Waals surface area contributed by atoms with Crippen LogP contribution in [-0.2, 0) is 21.2 Å². The molecule has 0 fully saturated rings. The van der Waals surface area contributed by atoms with Crippen LogP contribution in [-0.4, -0.2) is 49.6 Å². The molecule has 1 aromatic heterocycles. The SMILES string of the molecule is O=C(O)C(F)(F)F.O=C1CCCc2ccc(N3CCOc4cc(S(=O)(=O)Nc5nccs5)ccc43)cc21. The van der Waals surface area contributed by atoms with Crippen LogP contribution in [0.5, 0.6) is 5.75 Å². The molecule has 1 aliphatic carbocycles. The van der Waals surface area contributed by atoms with E-state index in [0.29, 0.717) is 30.5 Å². The molecule has 0 unspecified atom stereocenters. The summed E-state index contributed by atoms with van der Waals surface area (Å²) in [6.45, 7) is 1.03. The maximum atomic E-state index is 12.7. The molecule has 37 heavy (non-hydrogen) atoms. The van der Waals surface area contributed by atoms with Crippen LogP contribution in [0, 0.1) is 0 Å². The van der Waals surface area contributed by atoms with E-state index in [1.54, 1.807) is 23.7 Å². The smallest absolute Gasteiger partial charge is 0.489 e. The first-order valence-corrected chi connectivity index (χ1v) is 13.2. The van der Waals surface area contributed by atoms with E-state index in [1.165, 1.54) is 17.4 Å². The fraction of sp³-hybridized carbons (Fsp3) is 0.261. The maximum absolute atomic E-state index is 12.7. The number of hydrogen-bond acceptors (Lipinski definition) is 8. The number of hydrogen-bond donors (Lipinski definition) is 2. The Morgan fingerprint density at radius 2 is 1.92 bits per heavy atom. The standard InChI is InChI=1S/C21H19N3O4S2.C2HF3O2/c25-19-3-1-2-14-4-5-15(12-17(14)19)24-9-10-28-20-13-16(6-7-18(20)24)30(26,27)23-21-22-8-11-29-21;3-2(4,5)1(6)7/h4-8,11-13H,1-3,9-10H2,(H,22,23);(H,6,7). The third-order valence-electron chi connectivity index (χ3n) is 5.56. The monoisotopic (exact) mass is 555 g/mol. The quantitative estimate of drug-likeness (QED) is 0.478. The lowest BCUT2D eigenvalue weighted by Gasteiger charge is -2.32. The molecule has 196 valence electrons. The molecule has 3 aromatic rings. The number of anilines is 3. The summed E-state index contributed by atoms with van der Waals surface area (Å²) < 4.78 is 65.3. The first-order valence-electron chi connectivity index (χ1n) is 10.9. The minimum atomic E-state index is -5.08. The minimum Gasteiger partial charge on any atom is -0.489 e. The zero-order chi connectivity index (χ0) is 26.8. The normalized spacial score (nSPS) is 15.0. The Labute approximate surface area is 213 Å². The number of rotatable bonds is 4. The van der Waals surface area contributed by atoms with Crippen molar-refractivity contribution in [2.24, 2.45) is 0 Å². The number of carboxylic acid groups (broad SMARTS) is 1. The molecule has 0 saturated carbocycles. The van der Waals surface area contributed by atoms with Gasteiger partial charge in [0.1, 0.15) is 12.4 Å². The predicted octanol–water partition coefficient (Wildman–Crippen LogP) is 4.63. The van der Waals surface area contributed by atoms with Crippen LogP contribution < -0.4 is 14.4 Å². The number of ketones is 1. The van der Waals surface area contributed by atoms with Crippen LogP contribution in [0.1, 0.15) is 28.8 Å². The van der Waals surface area contributed by atoms with Crippen LogP contribution in [0.2, 0.25) is 0 Å². The molecule has 0 spiro atoms. The van der Waals surface area contributed by atoms with Gasteiger partial charge in [-0.05, 0) is 42.7 Å². The van der Waals surface area contributed by atoms with E-state index in [1.807, 2.05) is 18.2 Å². The molecule has 0 saturated heterocycles. The van der Waals surface area contributed by atoms with Crippen molar-refractivity contribution in [2.75, 3.05) is 22.8 Å². The number of aryl methyl sites for hydroxylation is 1. The van der Waals surface area contributed by atoms with Crippen molar-refractivity contribution in [3.8, 4) is 5.75 Å². The third-order valence-corrected chi connectivity index (χ3v) is 7.71. The average molecular weight is 556 g/mol. The fourth-order valence-electron chi connectivity index (χ4n) is 3.87. The zero-order valence-corrected chi connectivity index (χ0v) is 20.6. The lowest BCUT2D eigenvalue weighted by atomic mass is 9.90. The number of sulfonamides is 1. The van der Waals surface area contributed by atoms with Gasteiger partial charge in [0.05, 0.1) is 17.1 Å². The largest absolute Gasteiger partial charge is 0.490 e. The van der Waals surface area contributed by atoms with Crippen molar-refractivity contribution < 1.29 is 41.0 Å². The van der Waals surface area contributed by atoms with Crippen LogP contribution in [0.4, 0.5) is 29.7 Å². The highest BCUT2D eigenvalue weighted by Gasteiger charge is 2.38. The van der Waals surface area contributed by atoms with Crippen molar-refractivity contribution in [2.45, 2.75) is 30.3 Å². The second-order valence-corrected chi connectivity index (χ2v) is 10.6. The maximum Gasteiger partial charge on any atom is 0.490 e. The molecule has 1 aliphatic heterocycles. The number of thiazole rings is 1. The molecule has 0 amide bonds. The summed E-state index contributed by atoms with van der Waals surface area (Å²) in [5, 5.41) is 9.14. The Morgan fingerprint density at radius 3 is 2.59 bits per heavy atom. The summed E-state index contributed by atoms with van der Waals surface area (Å²) in [7, 11) is -3.76. The van der Waals surface area contributed by atoms with E-state index in [2.05, 4.69) is 14.6 Å². The molecule has 2 heterocycles. The van der Waals surface area contributed by atoms with E-state index in [4.69, 9.17) is 14.6 Å². The Morgan fingerprint density at radius 1 is 1.16 bits per heavy atom. The number of nitrogens with zero attached hydrogens (tertiary/aromatic N) is 2. The Kier molecular flexibility index (Phi) is 7.41. The number of nitrogens with one attached hydrogen (secondary N) is 1. The summed E-state index contributed by atoms with van der Waals surface area (Å²) in [4.78, 5) is 27.4. The number of fused-ring (bicyclic) bond motifs is 2. The molecule has 0 radical (unpaired) electrons. The van der Waals surface area contributed by atoms with Gasteiger partial charge in [0.25, 0.3) is 10.0 Å². The number of Topliss-reactive ketones (excluding diaryl/α,β-unsaturated/α-hetero) is 1. The van der Waals surface area contributed by atoms with Gasteiger partial charge < -0.3 is 14.7 Å². The van der Waals surface area contributed by atoms with E-state index >= 15 is 0 Å². The van der Waals surface area contributed by atoms with Crippen LogP contribution in [0.3, 0.4) is 0 Å². The Hall–Kier alpha value is -3.65. The molecule has 2 aromatic carbocycles. The number of ether oxygens (including phenoxy) is 1. The van der Waals surface area contributed by atoms with Crippen molar-refractivity contribution in [1.29, 1.82) is 0 Å². The van der Waals surface area contributed by atoms with E-state index in [9.17, 15) is 26.4 Å². The van der Waals surface area contributed by atoms with Gasteiger partial charge in [-0.2, -0.15) is 13.2 Å². The zero-order valence-electron chi connectivity index (χ0n) is 19.0. The lowest BCUT2D eigenvalue weighted by molar-refractivity contribution is -0.192. The van der Waals surface area contributed by atoms with Gasteiger partial charge in [-0.25, -0.2) is 18.2 Å². The van der Waals surface area contributed by atoms with Gasteiger partial charge in [0, 0.05) is 35.3 Å². The number of halogens is 3. The van der Waals surface area contributed by atoms with Gasteiger partial charge in [0.2, 0.25) is 0 Å². The summed E-state index contributed by atoms with van der Waals surface area (Å²) in [5.41, 5.74) is 3.57. The highest BCUT2D eigenvalue weighted by atomic mass is 32.2. The summed E-state index contributed by atoms with van der Waals surface area (Å²) in [5.74, 6) is -2.08. The summed E-state index contributed by atoms with van der Waals surface area (Å²) >= 11 is 1.21. The van der Waals surface area contributed by atoms with Crippen LogP contribution in [0.25, 0.3) is 0 Å². The highest BCUT2D eigenvalue weighted by molar-refractivity contribution is 7.93. The molecule has 2 aliphatic rings. The van der Waals surface area contributed by atoms with Gasteiger partial charge in [-0.1, -0.05) is 6.07 Å². The number of alkyl halides is 3. The second kappa shape index (κ2) is 10.4. The van der Waals surface area contributed by atoms with Crippen molar-refractivity contribution >= 4 is 49.6 Å². The molecule has 9 nitrogen and oxygen atoms in total. The number of aromatic nitrogens is 1. The molecule has 2 N–H and O–H groups in total. The van der Waals surface area contributed by atoms with Crippen LogP contribution in [0.15, 0.2) is 52.9 Å². The average Bonchev–Trinajstić information content (AvgIpc) is 3.35. The number of carbonyl (C=O) groups excluding carboxylic acids is 1. The van der Waals surface area contributed by atoms with E-state index in [-0.39, 0.29) is 10.7 Å². The predicted molar refractivity (Wildman–Crippen MR) is 129 cm³/mol. The topological polar surface area (TPSA) is 126 Å². The van der Waals surface area contributed by atoms with Crippen molar-refractivity contribution in [3.05, 3.63) is 59.1 Å². The van der Waals surface area contributed by atoms with Gasteiger partial charge in [-0.15, -0.1) is 11.3 Å². The number of aliphatic carboxylic acids is 1. The molecule has 0 bridgehead atoms. The Bertz CT molecular complexity index is 1430. The first-order chi connectivity index (χ1) is 17.5. The lowest BCUT2D eigenvalue weighted by Crippen LogP contribution is -2.29. The minimum absolute atomic E-state index is 0.110. The molecular weight excluding hydrogens is 535 g/mol. The Balaban J connectivity index is 0.000000405. The van der Waals surface area contributed by atoms with Crippen LogP contribution >= 0.6 is 11.3 Å². The highest BCUT2D eigenvalue weighted by Crippen LogP contribution is 2.39. The summed E-state index contributed by atoms with van der Waals surface area (Å²) in [6, 6.07) is 10.8. The molecular formula is C23H20F3N3O6S2. The fourth-order valence-corrected chi connectivity index (χ4v) is 5.67. The van der Waals surface area contributed by atoms with Gasteiger partial charge in [0.15, 0.2) is 10.9 Å². The van der Waals surface area contributed by atoms with Crippen molar-refractivity contribution in [1.82, 2.24) is 4.98 Å². The number of carbonyl (C=O) groups is 2. The first kappa shape index (κ1) is 26.4. The van der Waals surface area contributed by atoms with Gasteiger partial charge in [-0.3, -0.25) is 9.52 Å². The number of carboxylic acids is 1. The molecule has 5 rings (SSSR count). The molecule has 14 heteroatoms. The van der Waals surface area contributed by atoms with Crippen molar-refractivity contribution in [3.63, 3.8) is 0 Å². The third kappa shape index (κ3) is 6.02. The van der Waals surface area contributed by atoms with Gasteiger partial charge >= 0.3 is 12.1 Å². The van der Waals surface area contributed by atoms with E-state index < -0.39 is 22.2 Å². The number of benzene rings is 2. The second-order valence-electron chi connectivity index (χ2n) is 7.99.